The third-order valence-corrected chi connectivity index (χ3v) is 4.71. The molecule has 1 saturated heterocycles. The SMILES string of the molecule is C[C@H]1C(=O)N/C(=C\c2c[nH]c3ccccc23)C(=O)N1Cc1ccccc1. The molecule has 2 aromatic carbocycles. The van der Waals surface area contributed by atoms with Crippen LogP contribution < -0.4 is 5.32 Å². The number of nitrogens with zero attached hydrogens (tertiary/aromatic N) is 1. The van der Waals surface area contributed by atoms with Crippen LogP contribution in [-0.4, -0.2) is 27.7 Å². The van der Waals surface area contributed by atoms with Crippen molar-refractivity contribution >= 4 is 28.8 Å². The summed E-state index contributed by atoms with van der Waals surface area (Å²) in [6, 6.07) is 17.0. The maximum atomic E-state index is 13.0. The summed E-state index contributed by atoms with van der Waals surface area (Å²) in [5.41, 5.74) is 3.16. The van der Waals surface area contributed by atoms with Crippen LogP contribution in [0.4, 0.5) is 0 Å². The van der Waals surface area contributed by atoms with E-state index in [1.807, 2.05) is 60.8 Å². The van der Waals surface area contributed by atoms with Crippen molar-refractivity contribution in [3.05, 3.63) is 77.6 Å². The zero-order valence-corrected chi connectivity index (χ0v) is 14.4. The van der Waals surface area contributed by atoms with Crippen molar-refractivity contribution in [2.24, 2.45) is 0 Å². The summed E-state index contributed by atoms with van der Waals surface area (Å²) >= 11 is 0. The number of amides is 2. The van der Waals surface area contributed by atoms with Crippen molar-refractivity contribution in [2.45, 2.75) is 19.5 Å². The lowest BCUT2D eigenvalue weighted by Crippen LogP contribution is -2.55. The molecule has 1 aliphatic heterocycles. The van der Waals surface area contributed by atoms with Gasteiger partial charge in [-0.05, 0) is 24.6 Å². The molecule has 5 nitrogen and oxygen atoms in total. The number of carbonyl (C=O) groups is 2. The number of fused-ring (bicyclic) bond motifs is 1. The number of hydrogen-bond acceptors (Lipinski definition) is 2. The van der Waals surface area contributed by atoms with Crippen LogP contribution in [0.25, 0.3) is 17.0 Å². The van der Waals surface area contributed by atoms with E-state index in [2.05, 4.69) is 10.3 Å². The number of piperazine rings is 1. The van der Waals surface area contributed by atoms with E-state index in [9.17, 15) is 9.59 Å². The summed E-state index contributed by atoms with van der Waals surface area (Å²) in [6.45, 7) is 2.15. The maximum Gasteiger partial charge on any atom is 0.271 e. The van der Waals surface area contributed by atoms with Crippen molar-refractivity contribution in [1.29, 1.82) is 0 Å². The van der Waals surface area contributed by atoms with Gasteiger partial charge in [-0.15, -0.1) is 0 Å². The van der Waals surface area contributed by atoms with Crippen LogP contribution in [0.1, 0.15) is 18.1 Å². The second-order valence-electron chi connectivity index (χ2n) is 6.43. The number of rotatable bonds is 3. The first kappa shape index (κ1) is 16.1. The Kier molecular flexibility index (Phi) is 4.05. The zero-order chi connectivity index (χ0) is 18.1. The molecule has 0 bridgehead atoms. The number of aromatic amines is 1. The summed E-state index contributed by atoms with van der Waals surface area (Å²) in [5.74, 6) is -0.349. The molecule has 2 N–H and O–H groups in total. The number of H-pyrrole nitrogens is 1. The first-order valence-electron chi connectivity index (χ1n) is 8.57. The van der Waals surface area contributed by atoms with Gasteiger partial charge < -0.3 is 15.2 Å². The van der Waals surface area contributed by atoms with Gasteiger partial charge in [-0.1, -0.05) is 48.5 Å². The monoisotopic (exact) mass is 345 g/mol. The smallest absolute Gasteiger partial charge is 0.271 e. The third-order valence-electron chi connectivity index (χ3n) is 4.71. The Morgan fingerprint density at radius 2 is 1.77 bits per heavy atom. The Bertz CT molecular complexity index is 1000. The number of carbonyl (C=O) groups excluding carboxylic acids is 2. The quantitative estimate of drug-likeness (QED) is 0.717. The number of hydrogen-bond donors (Lipinski definition) is 2. The van der Waals surface area contributed by atoms with Crippen LogP contribution in [0.3, 0.4) is 0 Å². The highest BCUT2D eigenvalue weighted by molar-refractivity contribution is 6.08. The molecule has 26 heavy (non-hydrogen) atoms. The third kappa shape index (κ3) is 2.88. The minimum atomic E-state index is -0.511. The highest BCUT2D eigenvalue weighted by atomic mass is 16.2. The van der Waals surface area contributed by atoms with Crippen molar-refractivity contribution < 1.29 is 9.59 Å². The minimum absolute atomic E-state index is 0.174. The summed E-state index contributed by atoms with van der Waals surface area (Å²) in [5, 5.41) is 3.76. The van der Waals surface area contributed by atoms with Crippen LogP contribution in [0.2, 0.25) is 0 Å². The molecule has 2 heterocycles. The van der Waals surface area contributed by atoms with Gasteiger partial charge in [0.05, 0.1) is 0 Å². The van der Waals surface area contributed by atoms with Crippen molar-refractivity contribution in [3.63, 3.8) is 0 Å². The largest absolute Gasteiger partial charge is 0.361 e. The Morgan fingerprint density at radius 3 is 2.58 bits per heavy atom. The molecule has 1 aromatic heterocycles. The lowest BCUT2D eigenvalue weighted by Gasteiger charge is -2.34. The van der Waals surface area contributed by atoms with E-state index in [1.165, 1.54) is 0 Å². The molecular formula is C21H19N3O2. The van der Waals surface area contributed by atoms with Crippen LogP contribution in [0.5, 0.6) is 0 Å². The van der Waals surface area contributed by atoms with E-state index < -0.39 is 6.04 Å². The van der Waals surface area contributed by atoms with Crippen LogP contribution >= 0.6 is 0 Å². The van der Waals surface area contributed by atoms with Gasteiger partial charge in [0.25, 0.3) is 5.91 Å². The first-order chi connectivity index (χ1) is 12.6. The maximum absolute atomic E-state index is 13.0. The second kappa shape index (κ2) is 6.52. The first-order valence-corrected chi connectivity index (χ1v) is 8.57. The van der Waals surface area contributed by atoms with Crippen LogP contribution in [0, 0.1) is 0 Å². The predicted octanol–water partition coefficient (Wildman–Crippen LogP) is 3.06. The molecule has 130 valence electrons. The highest BCUT2D eigenvalue weighted by Gasteiger charge is 2.34. The molecule has 1 atom stereocenters. The fraction of sp³-hybridized carbons (Fsp3) is 0.143. The van der Waals surface area contributed by atoms with Gasteiger partial charge in [-0.2, -0.15) is 0 Å². The van der Waals surface area contributed by atoms with E-state index in [-0.39, 0.29) is 11.8 Å². The normalized spacial score (nSPS) is 19.2. The molecule has 0 spiro atoms. The molecule has 4 rings (SSSR count). The van der Waals surface area contributed by atoms with Crippen LogP contribution in [0.15, 0.2) is 66.5 Å². The Morgan fingerprint density at radius 1 is 1.04 bits per heavy atom. The number of benzene rings is 2. The van der Waals surface area contributed by atoms with E-state index in [4.69, 9.17) is 0 Å². The molecule has 0 aliphatic carbocycles. The summed E-state index contributed by atoms with van der Waals surface area (Å²) in [4.78, 5) is 30.2. The van der Waals surface area contributed by atoms with Gasteiger partial charge in [0.15, 0.2) is 0 Å². The van der Waals surface area contributed by atoms with E-state index in [1.54, 1.807) is 17.9 Å². The van der Waals surface area contributed by atoms with Gasteiger partial charge in [-0.25, -0.2) is 0 Å². The average Bonchev–Trinajstić information content (AvgIpc) is 3.07. The lowest BCUT2D eigenvalue weighted by atomic mass is 10.1. The summed E-state index contributed by atoms with van der Waals surface area (Å²) < 4.78 is 0. The molecule has 1 aliphatic rings. The molecule has 0 unspecified atom stereocenters. The molecule has 3 aromatic rings. The molecule has 5 heteroatoms. The minimum Gasteiger partial charge on any atom is -0.361 e. The van der Waals surface area contributed by atoms with Gasteiger partial charge >= 0.3 is 0 Å². The molecule has 2 amide bonds. The lowest BCUT2D eigenvalue weighted by molar-refractivity contribution is -0.142. The topological polar surface area (TPSA) is 65.2 Å². The molecule has 0 radical (unpaired) electrons. The predicted molar refractivity (Wildman–Crippen MR) is 101 cm³/mol. The summed E-state index contributed by atoms with van der Waals surface area (Å²) in [6.07, 6.45) is 3.58. The Hall–Kier alpha value is -3.34. The number of aromatic nitrogens is 1. The Labute approximate surface area is 151 Å². The number of para-hydroxylation sites is 1. The van der Waals surface area contributed by atoms with Crippen molar-refractivity contribution in [2.75, 3.05) is 0 Å². The molecule has 1 fully saturated rings. The van der Waals surface area contributed by atoms with Crippen molar-refractivity contribution in [1.82, 2.24) is 15.2 Å². The van der Waals surface area contributed by atoms with Crippen molar-refractivity contribution in [3.8, 4) is 0 Å². The molecule has 0 saturated carbocycles. The van der Waals surface area contributed by atoms with E-state index >= 15 is 0 Å². The van der Waals surface area contributed by atoms with Gasteiger partial charge in [0, 0.05) is 29.2 Å². The zero-order valence-electron chi connectivity index (χ0n) is 14.4. The van der Waals surface area contributed by atoms with Gasteiger partial charge in [-0.3, -0.25) is 9.59 Å². The standard InChI is InChI=1S/C21H19N3O2/c1-14-20(25)23-19(11-16-12-22-18-10-6-5-9-17(16)18)21(26)24(14)13-15-7-3-2-4-8-15/h2-12,14,22H,13H2,1H3,(H,23,25)/b19-11-/t14-/m0/s1. The molecular weight excluding hydrogens is 326 g/mol. The average molecular weight is 345 g/mol. The van der Waals surface area contributed by atoms with E-state index in [0.29, 0.717) is 12.2 Å². The van der Waals surface area contributed by atoms with Crippen LogP contribution in [-0.2, 0) is 16.1 Å². The Balaban J connectivity index is 1.68. The highest BCUT2D eigenvalue weighted by Crippen LogP contribution is 2.23. The second-order valence-corrected chi connectivity index (χ2v) is 6.43. The fourth-order valence-corrected chi connectivity index (χ4v) is 3.22. The van der Waals surface area contributed by atoms with Gasteiger partial charge in [0.2, 0.25) is 5.91 Å². The number of nitrogens with one attached hydrogen (secondary N) is 2. The van der Waals surface area contributed by atoms with Gasteiger partial charge in [0.1, 0.15) is 11.7 Å². The fourth-order valence-electron chi connectivity index (χ4n) is 3.22. The summed E-state index contributed by atoms with van der Waals surface area (Å²) in [7, 11) is 0. The van der Waals surface area contributed by atoms with E-state index in [0.717, 1.165) is 22.0 Å².